The van der Waals surface area contributed by atoms with E-state index in [-0.39, 0.29) is 0 Å². The van der Waals surface area contributed by atoms with E-state index in [1.54, 1.807) is 0 Å². The molecule has 0 saturated carbocycles. The topological polar surface area (TPSA) is 9.23 Å². The van der Waals surface area contributed by atoms with Crippen LogP contribution in [0, 0.1) is 5.92 Å². The lowest BCUT2D eigenvalue weighted by atomic mass is 9.97. The van der Waals surface area contributed by atoms with E-state index in [0.717, 1.165) is 12.3 Å². The smallest absolute Gasteiger partial charge is 0.0616 e. The van der Waals surface area contributed by atoms with Crippen LogP contribution in [0.2, 0.25) is 0 Å². The zero-order chi connectivity index (χ0) is 10.4. The Balaban J connectivity index is 2.22. The molecule has 0 spiro atoms. The van der Waals surface area contributed by atoms with E-state index in [0.29, 0.717) is 12.2 Å². The average Bonchev–Trinajstić information content (AvgIpc) is 2.48. The highest BCUT2D eigenvalue weighted by Gasteiger charge is 2.30. The SMILES string of the molecule is C=CC[C@H]1C[C@H](C)[C@H](CCCCI)O1. The molecule has 2 heteroatoms. The van der Waals surface area contributed by atoms with Crippen molar-refractivity contribution in [3.05, 3.63) is 12.7 Å². The molecule has 1 aliphatic rings. The Hall–Kier alpha value is 0.430. The Morgan fingerprint density at radius 3 is 2.93 bits per heavy atom. The van der Waals surface area contributed by atoms with Crippen molar-refractivity contribution in [3.63, 3.8) is 0 Å². The Kier molecular flexibility index (Phi) is 6.10. The second-order valence-electron chi connectivity index (χ2n) is 4.22. The molecule has 0 radical (unpaired) electrons. The minimum atomic E-state index is 0.451. The highest BCUT2D eigenvalue weighted by atomic mass is 127. The van der Waals surface area contributed by atoms with Gasteiger partial charge in [0.15, 0.2) is 0 Å². The molecule has 0 unspecified atom stereocenters. The third-order valence-electron chi connectivity index (χ3n) is 2.94. The maximum Gasteiger partial charge on any atom is 0.0616 e. The first-order valence-corrected chi connectivity index (χ1v) is 7.12. The van der Waals surface area contributed by atoms with Crippen molar-refractivity contribution in [1.82, 2.24) is 0 Å². The van der Waals surface area contributed by atoms with Crippen molar-refractivity contribution in [2.24, 2.45) is 5.92 Å². The summed E-state index contributed by atoms with van der Waals surface area (Å²) in [7, 11) is 0. The van der Waals surface area contributed by atoms with Gasteiger partial charge in [0.2, 0.25) is 0 Å². The van der Waals surface area contributed by atoms with Crippen LogP contribution in [0.3, 0.4) is 0 Å². The third-order valence-corrected chi connectivity index (χ3v) is 3.70. The van der Waals surface area contributed by atoms with Gasteiger partial charge in [-0.1, -0.05) is 42.0 Å². The van der Waals surface area contributed by atoms with Gasteiger partial charge in [-0.3, -0.25) is 0 Å². The number of rotatable bonds is 6. The summed E-state index contributed by atoms with van der Waals surface area (Å²) in [5.74, 6) is 0.745. The van der Waals surface area contributed by atoms with Gasteiger partial charge in [-0.2, -0.15) is 0 Å². The van der Waals surface area contributed by atoms with Gasteiger partial charge >= 0.3 is 0 Å². The fourth-order valence-corrected chi connectivity index (χ4v) is 2.67. The van der Waals surface area contributed by atoms with Gasteiger partial charge in [-0.15, -0.1) is 6.58 Å². The largest absolute Gasteiger partial charge is 0.374 e. The molecule has 1 saturated heterocycles. The summed E-state index contributed by atoms with van der Waals surface area (Å²) in [5, 5.41) is 0. The van der Waals surface area contributed by atoms with E-state index in [2.05, 4.69) is 36.1 Å². The van der Waals surface area contributed by atoms with Crippen molar-refractivity contribution in [2.75, 3.05) is 4.43 Å². The fourth-order valence-electron chi connectivity index (χ4n) is 2.13. The molecule has 3 atom stereocenters. The molecular weight excluding hydrogens is 287 g/mol. The second-order valence-corrected chi connectivity index (χ2v) is 5.30. The quantitative estimate of drug-likeness (QED) is 0.312. The van der Waals surface area contributed by atoms with Gasteiger partial charge in [0.1, 0.15) is 0 Å². The van der Waals surface area contributed by atoms with Crippen LogP contribution in [0.5, 0.6) is 0 Å². The van der Waals surface area contributed by atoms with Crippen LogP contribution in [0.25, 0.3) is 0 Å². The number of unbranched alkanes of at least 4 members (excludes halogenated alkanes) is 1. The summed E-state index contributed by atoms with van der Waals surface area (Å²) >= 11 is 2.44. The van der Waals surface area contributed by atoms with E-state index in [1.165, 1.54) is 30.1 Å². The first kappa shape index (κ1) is 12.5. The molecule has 0 amide bonds. The highest BCUT2D eigenvalue weighted by Crippen LogP contribution is 2.31. The lowest BCUT2D eigenvalue weighted by Crippen LogP contribution is -2.14. The molecule has 0 aliphatic carbocycles. The number of alkyl halides is 1. The van der Waals surface area contributed by atoms with E-state index in [4.69, 9.17) is 4.74 Å². The Labute approximate surface area is 101 Å². The van der Waals surface area contributed by atoms with Crippen LogP contribution >= 0.6 is 22.6 Å². The molecule has 1 rings (SSSR count). The number of hydrogen-bond acceptors (Lipinski definition) is 1. The fraction of sp³-hybridized carbons (Fsp3) is 0.833. The Morgan fingerprint density at radius 2 is 2.29 bits per heavy atom. The van der Waals surface area contributed by atoms with Gasteiger partial charge < -0.3 is 4.74 Å². The van der Waals surface area contributed by atoms with Crippen molar-refractivity contribution in [3.8, 4) is 0 Å². The monoisotopic (exact) mass is 308 g/mol. The van der Waals surface area contributed by atoms with Gasteiger partial charge in [-0.25, -0.2) is 0 Å². The second kappa shape index (κ2) is 6.83. The van der Waals surface area contributed by atoms with Crippen molar-refractivity contribution < 1.29 is 4.74 Å². The summed E-state index contributed by atoms with van der Waals surface area (Å²) in [6.45, 7) is 6.09. The highest BCUT2D eigenvalue weighted by molar-refractivity contribution is 14.1. The van der Waals surface area contributed by atoms with Crippen molar-refractivity contribution in [2.45, 2.75) is 51.2 Å². The summed E-state index contributed by atoms with van der Waals surface area (Å²) in [6.07, 6.45) is 9.09. The first-order chi connectivity index (χ1) is 6.77. The molecule has 1 fully saturated rings. The maximum absolute atomic E-state index is 5.99. The minimum absolute atomic E-state index is 0.451. The van der Waals surface area contributed by atoms with Gasteiger partial charge in [0.05, 0.1) is 12.2 Å². The predicted octanol–water partition coefficient (Wildman–Crippen LogP) is 3.96. The number of halogens is 1. The zero-order valence-electron chi connectivity index (χ0n) is 9.05. The molecule has 82 valence electrons. The molecule has 1 heterocycles. The molecule has 0 aromatic rings. The molecule has 1 nitrogen and oxygen atoms in total. The van der Waals surface area contributed by atoms with Gasteiger partial charge in [0, 0.05) is 0 Å². The molecule has 0 aromatic heterocycles. The third kappa shape index (κ3) is 3.89. The molecular formula is C12H21IO. The zero-order valence-corrected chi connectivity index (χ0v) is 11.2. The average molecular weight is 308 g/mol. The molecule has 14 heavy (non-hydrogen) atoms. The van der Waals surface area contributed by atoms with Crippen LogP contribution in [0.4, 0.5) is 0 Å². The normalized spacial score (nSPS) is 32.0. The molecule has 0 bridgehead atoms. The Morgan fingerprint density at radius 1 is 1.50 bits per heavy atom. The molecule has 0 aromatic carbocycles. The number of hydrogen-bond donors (Lipinski definition) is 0. The van der Waals surface area contributed by atoms with Crippen LogP contribution in [-0.2, 0) is 4.74 Å². The summed E-state index contributed by atoms with van der Waals surface area (Å²) in [5.41, 5.74) is 0. The van der Waals surface area contributed by atoms with Crippen LogP contribution in [0.1, 0.15) is 39.0 Å². The molecule has 1 aliphatic heterocycles. The summed E-state index contributed by atoms with van der Waals surface area (Å²) < 4.78 is 7.26. The predicted molar refractivity (Wildman–Crippen MR) is 70.0 cm³/mol. The van der Waals surface area contributed by atoms with E-state index >= 15 is 0 Å². The van der Waals surface area contributed by atoms with Crippen LogP contribution in [-0.4, -0.2) is 16.6 Å². The van der Waals surface area contributed by atoms with Gasteiger partial charge in [-0.05, 0) is 36.0 Å². The van der Waals surface area contributed by atoms with E-state index < -0.39 is 0 Å². The van der Waals surface area contributed by atoms with Gasteiger partial charge in [0.25, 0.3) is 0 Å². The Bertz CT molecular complexity index is 170. The lowest BCUT2D eigenvalue weighted by molar-refractivity contribution is 0.0319. The molecule has 0 N–H and O–H groups in total. The lowest BCUT2D eigenvalue weighted by Gasteiger charge is -2.14. The summed E-state index contributed by atoms with van der Waals surface area (Å²) in [6, 6.07) is 0. The van der Waals surface area contributed by atoms with E-state index in [9.17, 15) is 0 Å². The maximum atomic E-state index is 5.99. The van der Waals surface area contributed by atoms with Crippen molar-refractivity contribution >= 4 is 22.6 Å². The van der Waals surface area contributed by atoms with Crippen LogP contribution in [0.15, 0.2) is 12.7 Å². The van der Waals surface area contributed by atoms with Crippen LogP contribution < -0.4 is 0 Å². The minimum Gasteiger partial charge on any atom is -0.374 e. The number of ether oxygens (including phenoxy) is 1. The first-order valence-electron chi connectivity index (χ1n) is 5.60. The summed E-state index contributed by atoms with van der Waals surface area (Å²) in [4.78, 5) is 0. The van der Waals surface area contributed by atoms with E-state index in [1.807, 2.05) is 6.08 Å². The standard InChI is InChI=1S/C12H21IO/c1-3-6-11-9-10(2)12(14-11)7-4-5-8-13/h3,10-12H,1,4-9H2,2H3/t10-,11-,12-/m0/s1. The van der Waals surface area contributed by atoms with Crippen molar-refractivity contribution in [1.29, 1.82) is 0 Å².